The van der Waals surface area contributed by atoms with Crippen LogP contribution in [0.3, 0.4) is 0 Å². The first-order chi connectivity index (χ1) is 9.70. The molecule has 2 heterocycles. The SMILES string of the molecule is Cc1ccc2c(c1)nc(CCCl)n2C(C)C1CCOC1. The predicted octanol–water partition coefficient (Wildman–Crippen LogP) is 3.72. The van der Waals surface area contributed by atoms with Crippen molar-refractivity contribution >= 4 is 22.6 Å². The fraction of sp³-hybridized carbons (Fsp3) is 0.562. The fourth-order valence-corrected chi connectivity index (χ4v) is 3.29. The molecule has 2 atom stereocenters. The highest BCUT2D eigenvalue weighted by molar-refractivity contribution is 6.17. The molecular weight excluding hydrogens is 272 g/mol. The minimum atomic E-state index is 0.406. The van der Waals surface area contributed by atoms with Crippen molar-refractivity contribution in [2.45, 2.75) is 32.7 Å². The van der Waals surface area contributed by atoms with Gasteiger partial charge >= 0.3 is 0 Å². The monoisotopic (exact) mass is 292 g/mol. The molecule has 0 bridgehead atoms. The summed E-state index contributed by atoms with van der Waals surface area (Å²) in [6.07, 6.45) is 1.94. The molecule has 1 aliphatic heterocycles. The van der Waals surface area contributed by atoms with Crippen molar-refractivity contribution in [3.63, 3.8) is 0 Å². The van der Waals surface area contributed by atoms with E-state index in [1.165, 1.54) is 11.1 Å². The lowest BCUT2D eigenvalue weighted by Crippen LogP contribution is -2.19. The van der Waals surface area contributed by atoms with Crippen LogP contribution in [0, 0.1) is 12.8 Å². The summed E-state index contributed by atoms with van der Waals surface area (Å²) in [5.74, 6) is 2.28. The van der Waals surface area contributed by atoms with E-state index in [9.17, 15) is 0 Å². The highest BCUT2D eigenvalue weighted by atomic mass is 35.5. The quantitative estimate of drug-likeness (QED) is 0.803. The van der Waals surface area contributed by atoms with Gasteiger partial charge in [-0.15, -0.1) is 11.6 Å². The minimum Gasteiger partial charge on any atom is -0.381 e. The summed E-state index contributed by atoms with van der Waals surface area (Å²) in [6, 6.07) is 6.90. The van der Waals surface area contributed by atoms with E-state index in [4.69, 9.17) is 21.3 Å². The number of fused-ring (bicyclic) bond motifs is 1. The summed E-state index contributed by atoms with van der Waals surface area (Å²) in [7, 11) is 0. The second-order valence-electron chi connectivity index (χ2n) is 5.69. The number of ether oxygens (including phenoxy) is 1. The standard InChI is InChI=1S/C16H21ClN2O/c1-11-3-4-15-14(9-11)18-16(5-7-17)19(15)12(2)13-6-8-20-10-13/h3-4,9,12-13H,5-8,10H2,1-2H3. The van der Waals surface area contributed by atoms with E-state index in [2.05, 4.69) is 36.6 Å². The van der Waals surface area contributed by atoms with E-state index in [0.717, 1.165) is 37.4 Å². The van der Waals surface area contributed by atoms with Crippen LogP contribution in [0.4, 0.5) is 0 Å². The van der Waals surface area contributed by atoms with E-state index in [0.29, 0.717) is 17.8 Å². The first kappa shape index (κ1) is 13.9. The van der Waals surface area contributed by atoms with Gasteiger partial charge in [0.1, 0.15) is 5.82 Å². The number of aromatic nitrogens is 2. The lowest BCUT2D eigenvalue weighted by molar-refractivity contribution is 0.175. The van der Waals surface area contributed by atoms with Gasteiger partial charge in [0.2, 0.25) is 0 Å². The zero-order chi connectivity index (χ0) is 14.1. The Kier molecular flexibility index (Phi) is 3.99. The molecule has 0 radical (unpaired) electrons. The first-order valence-corrected chi connectivity index (χ1v) is 7.85. The van der Waals surface area contributed by atoms with Crippen LogP contribution in [0.15, 0.2) is 18.2 Å². The van der Waals surface area contributed by atoms with Gasteiger partial charge < -0.3 is 9.30 Å². The number of hydrogen-bond acceptors (Lipinski definition) is 2. The Morgan fingerprint density at radius 1 is 1.50 bits per heavy atom. The Hall–Kier alpha value is -1.06. The van der Waals surface area contributed by atoms with Crippen LogP contribution >= 0.6 is 11.6 Å². The number of halogens is 1. The van der Waals surface area contributed by atoms with Crippen molar-refractivity contribution in [3.05, 3.63) is 29.6 Å². The van der Waals surface area contributed by atoms with Gasteiger partial charge in [-0.2, -0.15) is 0 Å². The molecule has 0 N–H and O–H groups in total. The molecule has 1 saturated heterocycles. The second kappa shape index (κ2) is 5.74. The summed E-state index contributed by atoms with van der Waals surface area (Å²) in [5, 5.41) is 0. The van der Waals surface area contributed by atoms with Crippen molar-refractivity contribution < 1.29 is 4.74 Å². The van der Waals surface area contributed by atoms with Gasteiger partial charge in [-0.1, -0.05) is 6.07 Å². The van der Waals surface area contributed by atoms with Crippen molar-refractivity contribution in [1.29, 1.82) is 0 Å². The minimum absolute atomic E-state index is 0.406. The second-order valence-corrected chi connectivity index (χ2v) is 6.07. The van der Waals surface area contributed by atoms with Crippen LogP contribution in [0.1, 0.15) is 30.8 Å². The van der Waals surface area contributed by atoms with Gasteiger partial charge in [0.25, 0.3) is 0 Å². The molecular formula is C16H21ClN2O. The number of alkyl halides is 1. The van der Waals surface area contributed by atoms with Gasteiger partial charge in [0.05, 0.1) is 17.6 Å². The van der Waals surface area contributed by atoms with Crippen LogP contribution in [0.2, 0.25) is 0 Å². The van der Waals surface area contributed by atoms with Crippen molar-refractivity contribution in [3.8, 4) is 0 Å². The maximum absolute atomic E-state index is 5.95. The third kappa shape index (κ3) is 2.45. The number of hydrogen-bond donors (Lipinski definition) is 0. The molecule has 0 spiro atoms. The van der Waals surface area contributed by atoms with Crippen molar-refractivity contribution in [2.24, 2.45) is 5.92 Å². The van der Waals surface area contributed by atoms with Crippen molar-refractivity contribution in [2.75, 3.05) is 19.1 Å². The predicted molar refractivity (Wildman–Crippen MR) is 82.5 cm³/mol. The number of imidazole rings is 1. The number of rotatable bonds is 4. The highest BCUT2D eigenvalue weighted by Gasteiger charge is 2.26. The molecule has 3 nitrogen and oxygen atoms in total. The number of benzene rings is 1. The Morgan fingerprint density at radius 2 is 2.35 bits per heavy atom. The van der Waals surface area contributed by atoms with Crippen LogP contribution < -0.4 is 0 Å². The molecule has 2 aromatic rings. The van der Waals surface area contributed by atoms with E-state index in [1.54, 1.807) is 0 Å². The summed E-state index contributed by atoms with van der Waals surface area (Å²) in [5.41, 5.74) is 3.54. The smallest absolute Gasteiger partial charge is 0.111 e. The average molecular weight is 293 g/mol. The number of aryl methyl sites for hydroxylation is 2. The van der Waals surface area contributed by atoms with E-state index < -0.39 is 0 Å². The lowest BCUT2D eigenvalue weighted by atomic mass is 10.00. The molecule has 20 heavy (non-hydrogen) atoms. The van der Waals surface area contributed by atoms with Crippen LogP contribution in [0.25, 0.3) is 11.0 Å². The van der Waals surface area contributed by atoms with Crippen LogP contribution in [-0.4, -0.2) is 28.6 Å². The Morgan fingerprint density at radius 3 is 3.05 bits per heavy atom. The molecule has 3 rings (SSSR count). The molecule has 0 saturated carbocycles. The Bertz CT molecular complexity index is 602. The molecule has 1 aliphatic rings. The zero-order valence-electron chi connectivity index (χ0n) is 12.1. The lowest BCUT2D eigenvalue weighted by Gasteiger charge is -2.22. The molecule has 4 heteroatoms. The maximum Gasteiger partial charge on any atom is 0.111 e. The summed E-state index contributed by atoms with van der Waals surface area (Å²) in [6.45, 7) is 6.12. The van der Waals surface area contributed by atoms with E-state index in [1.807, 2.05) is 0 Å². The van der Waals surface area contributed by atoms with Crippen LogP contribution in [0.5, 0.6) is 0 Å². The molecule has 2 unspecified atom stereocenters. The third-order valence-corrected chi connectivity index (χ3v) is 4.48. The maximum atomic E-state index is 5.95. The van der Waals surface area contributed by atoms with Gasteiger partial charge in [-0.05, 0) is 38.0 Å². The van der Waals surface area contributed by atoms with Gasteiger partial charge in [-0.3, -0.25) is 0 Å². The summed E-state index contributed by atoms with van der Waals surface area (Å²) < 4.78 is 7.92. The highest BCUT2D eigenvalue weighted by Crippen LogP contribution is 2.31. The van der Waals surface area contributed by atoms with E-state index >= 15 is 0 Å². The molecule has 1 fully saturated rings. The molecule has 1 aromatic carbocycles. The molecule has 0 amide bonds. The zero-order valence-corrected chi connectivity index (χ0v) is 12.9. The summed E-state index contributed by atoms with van der Waals surface area (Å²) >= 11 is 5.95. The van der Waals surface area contributed by atoms with Gasteiger partial charge in [-0.25, -0.2) is 4.98 Å². The summed E-state index contributed by atoms with van der Waals surface area (Å²) in [4.78, 5) is 4.79. The van der Waals surface area contributed by atoms with E-state index in [-0.39, 0.29) is 0 Å². The Balaban J connectivity index is 2.07. The van der Waals surface area contributed by atoms with Crippen molar-refractivity contribution in [1.82, 2.24) is 9.55 Å². The topological polar surface area (TPSA) is 27.1 Å². The number of nitrogens with zero attached hydrogens (tertiary/aromatic N) is 2. The Labute approximate surface area is 124 Å². The average Bonchev–Trinajstić information content (AvgIpc) is 3.05. The third-order valence-electron chi connectivity index (χ3n) is 4.29. The normalized spacial score (nSPS) is 20.6. The fourth-order valence-electron chi connectivity index (χ4n) is 3.12. The van der Waals surface area contributed by atoms with Crippen LogP contribution in [-0.2, 0) is 11.2 Å². The first-order valence-electron chi connectivity index (χ1n) is 7.32. The van der Waals surface area contributed by atoms with Gasteiger partial charge in [0, 0.05) is 30.9 Å². The molecule has 108 valence electrons. The molecule has 1 aromatic heterocycles. The molecule has 0 aliphatic carbocycles. The van der Waals surface area contributed by atoms with Gasteiger partial charge in [0.15, 0.2) is 0 Å². The largest absolute Gasteiger partial charge is 0.381 e.